The average Bonchev–Trinajstić information content (AvgIpc) is 2.70. The third-order valence-electron chi connectivity index (χ3n) is 3.79. The minimum Gasteiger partial charge on any atom is -0.495 e. The Morgan fingerprint density at radius 3 is 2.43 bits per heavy atom. The van der Waals surface area contributed by atoms with Crippen molar-refractivity contribution in [3.8, 4) is 5.75 Å². The zero-order chi connectivity index (χ0) is 20.1. The SMILES string of the molecule is COc1ccc(S(=O)(=O)Nc2ccccc2Cl)cc1NC(=O)c1ccncc1. The standard InChI is InChI=1S/C19H16ClN3O4S/c1-27-18-7-6-14(28(25,26)23-16-5-3-2-4-15(16)20)12-17(18)22-19(24)13-8-10-21-11-9-13/h2-12,23H,1H3,(H,22,24). The maximum absolute atomic E-state index is 12.7. The van der Waals surface area contributed by atoms with Crippen LogP contribution in [0, 0.1) is 0 Å². The van der Waals surface area contributed by atoms with Crippen LogP contribution in [-0.2, 0) is 10.0 Å². The lowest BCUT2D eigenvalue weighted by molar-refractivity contribution is 0.102. The Hall–Kier alpha value is -3.10. The van der Waals surface area contributed by atoms with Crippen LogP contribution in [0.1, 0.15) is 10.4 Å². The number of amides is 1. The predicted molar refractivity (Wildman–Crippen MR) is 107 cm³/mol. The van der Waals surface area contributed by atoms with Gasteiger partial charge in [0.15, 0.2) is 0 Å². The zero-order valence-electron chi connectivity index (χ0n) is 14.7. The van der Waals surface area contributed by atoms with Gasteiger partial charge in [-0.1, -0.05) is 23.7 Å². The number of methoxy groups -OCH3 is 1. The molecule has 0 saturated carbocycles. The number of sulfonamides is 1. The smallest absolute Gasteiger partial charge is 0.262 e. The van der Waals surface area contributed by atoms with E-state index in [1.807, 2.05) is 0 Å². The third-order valence-corrected chi connectivity index (χ3v) is 5.48. The van der Waals surface area contributed by atoms with Crippen LogP contribution in [0.15, 0.2) is 71.9 Å². The second kappa shape index (κ2) is 8.28. The van der Waals surface area contributed by atoms with Crippen LogP contribution < -0.4 is 14.8 Å². The molecule has 0 fully saturated rings. The summed E-state index contributed by atoms with van der Waals surface area (Å²) >= 11 is 6.02. The fourth-order valence-corrected chi connectivity index (χ4v) is 3.74. The van der Waals surface area contributed by atoms with Gasteiger partial charge in [0.2, 0.25) is 0 Å². The van der Waals surface area contributed by atoms with Crippen molar-refractivity contribution in [2.24, 2.45) is 0 Å². The number of ether oxygens (including phenoxy) is 1. The molecule has 144 valence electrons. The molecule has 2 N–H and O–H groups in total. The van der Waals surface area contributed by atoms with Gasteiger partial charge < -0.3 is 10.1 Å². The van der Waals surface area contributed by atoms with Crippen LogP contribution in [-0.4, -0.2) is 26.4 Å². The second-order valence-electron chi connectivity index (χ2n) is 5.64. The second-order valence-corrected chi connectivity index (χ2v) is 7.73. The Balaban J connectivity index is 1.92. The van der Waals surface area contributed by atoms with Crippen LogP contribution >= 0.6 is 11.6 Å². The summed E-state index contributed by atoms with van der Waals surface area (Å²) in [5.74, 6) is -0.103. The monoisotopic (exact) mass is 417 g/mol. The fourth-order valence-electron chi connectivity index (χ4n) is 2.40. The van der Waals surface area contributed by atoms with Crippen LogP contribution in [0.2, 0.25) is 5.02 Å². The molecule has 28 heavy (non-hydrogen) atoms. The van der Waals surface area contributed by atoms with Crippen LogP contribution in [0.4, 0.5) is 11.4 Å². The van der Waals surface area contributed by atoms with Gasteiger partial charge in [0.1, 0.15) is 5.75 Å². The predicted octanol–water partition coefficient (Wildman–Crippen LogP) is 3.80. The number of anilines is 2. The summed E-state index contributed by atoms with van der Waals surface area (Å²) in [6.45, 7) is 0. The summed E-state index contributed by atoms with van der Waals surface area (Å²) in [5, 5.41) is 2.92. The normalized spacial score (nSPS) is 10.9. The highest BCUT2D eigenvalue weighted by Crippen LogP contribution is 2.30. The number of carbonyl (C=O) groups excluding carboxylic acids is 1. The maximum atomic E-state index is 12.7. The summed E-state index contributed by atoms with van der Waals surface area (Å²) in [7, 11) is -2.51. The number of hydrogen-bond acceptors (Lipinski definition) is 5. The van der Waals surface area contributed by atoms with E-state index in [0.717, 1.165) is 0 Å². The van der Waals surface area contributed by atoms with Crippen molar-refractivity contribution in [1.82, 2.24) is 4.98 Å². The molecule has 1 aromatic heterocycles. The molecular weight excluding hydrogens is 402 g/mol. The van der Waals surface area contributed by atoms with Crippen molar-refractivity contribution >= 4 is 38.9 Å². The molecule has 0 aliphatic carbocycles. The van der Waals surface area contributed by atoms with Gasteiger partial charge in [-0.15, -0.1) is 0 Å². The van der Waals surface area contributed by atoms with Crippen molar-refractivity contribution < 1.29 is 17.9 Å². The first kappa shape index (κ1) is 19.7. The van der Waals surface area contributed by atoms with Crippen molar-refractivity contribution in [1.29, 1.82) is 0 Å². The number of nitrogens with zero attached hydrogens (tertiary/aromatic N) is 1. The van der Waals surface area contributed by atoms with Crippen molar-refractivity contribution in [2.75, 3.05) is 17.1 Å². The van der Waals surface area contributed by atoms with Crippen molar-refractivity contribution in [3.05, 3.63) is 77.6 Å². The van der Waals surface area contributed by atoms with Gasteiger partial charge in [0, 0.05) is 18.0 Å². The van der Waals surface area contributed by atoms with E-state index in [0.29, 0.717) is 11.3 Å². The highest BCUT2D eigenvalue weighted by atomic mass is 35.5. The number of benzene rings is 2. The third kappa shape index (κ3) is 4.41. The summed E-state index contributed by atoms with van der Waals surface area (Å²) in [6.07, 6.45) is 2.97. The Morgan fingerprint density at radius 1 is 1.04 bits per heavy atom. The lowest BCUT2D eigenvalue weighted by Crippen LogP contribution is -2.16. The van der Waals surface area contributed by atoms with E-state index < -0.39 is 15.9 Å². The van der Waals surface area contributed by atoms with E-state index >= 15 is 0 Å². The first-order valence-corrected chi connectivity index (χ1v) is 9.93. The number of hydrogen-bond donors (Lipinski definition) is 2. The van der Waals surface area contributed by atoms with Crippen molar-refractivity contribution in [2.45, 2.75) is 4.90 Å². The molecule has 1 heterocycles. The number of aromatic nitrogens is 1. The molecule has 0 radical (unpaired) electrons. The Labute approximate surface area is 167 Å². The van der Waals surface area contributed by atoms with Gasteiger partial charge in [-0.2, -0.15) is 0 Å². The lowest BCUT2D eigenvalue weighted by atomic mass is 10.2. The number of halogens is 1. The van der Waals surface area contributed by atoms with E-state index in [9.17, 15) is 13.2 Å². The lowest BCUT2D eigenvalue weighted by Gasteiger charge is -2.14. The molecule has 0 atom stereocenters. The van der Waals surface area contributed by atoms with Gasteiger partial charge in [-0.3, -0.25) is 14.5 Å². The van der Waals surface area contributed by atoms with Gasteiger partial charge in [0.05, 0.1) is 28.4 Å². The maximum Gasteiger partial charge on any atom is 0.262 e. The molecule has 3 aromatic rings. The molecule has 0 bridgehead atoms. The Bertz CT molecular complexity index is 1110. The number of pyridine rings is 1. The Kier molecular flexibility index (Phi) is 5.81. The summed E-state index contributed by atoms with van der Waals surface area (Å²) in [5.41, 5.74) is 0.841. The van der Waals surface area contributed by atoms with Crippen LogP contribution in [0.25, 0.3) is 0 Å². The zero-order valence-corrected chi connectivity index (χ0v) is 16.3. The van der Waals surface area contributed by atoms with E-state index in [4.69, 9.17) is 16.3 Å². The van der Waals surface area contributed by atoms with Crippen LogP contribution in [0.5, 0.6) is 5.75 Å². The van der Waals surface area contributed by atoms with Gasteiger partial charge in [0.25, 0.3) is 15.9 Å². The molecule has 1 amide bonds. The van der Waals surface area contributed by atoms with Crippen molar-refractivity contribution in [3.63, 3.8) is 0 Å². The molecule has 0 saturated heterocycles. The van der Waals surface area contributed by atoms with Gasteiger partial charge in [-0.25, -0.2) is 8.42 Å². The summed E-state index contributed by atoms with van der Waals surface area (Å²) in [4.78, 5) is 16.2. The molecule has 2 aromatic carbocycles. The van der Waals surface area contributed by atoms with E-state index in [-0.39, 0.29) is 21.3 Å². The molecule has 3 rings (SSSR count). The quantitative estimate of drug-likeness (QED) is 0.635. The molecule has 9 heteroatoms. The largest absolute Gasteiger partial charge is 0.495 e. The molecule has 0 aliphatic heterocycles. The summed E-state index contributed by atoms with van der Waals surface area (Å²) in [6, 6.07) is 13.7. The van der Waals surface area contributed by atoms with E-state index in [2.05, 4.69) is 15.0 Å². The molecule has 0 unspecified atom stereocenters. The van der Waals surface area contributed by atoms with E-state index in [1.54, 1.807) is 36.4 Å². The first-order chi connectivity index (χ1) is 13.4. The fraction of sp³-hybridized carbons (Fsp3) is 0.0526. The molecule has 0 aliphatic rings. The van der Waals surface area contributed by atoms with Crippen LogP contribution in [0.3, 0.4) is 0 Å². The molecule has 0 spiro atoms. The molecule has 7 nitrogen and oxygen atoms in total. The number of nitrogens with one attached hydrogen (secondary N) is 2. The minimum atomic E-state index is -3.94. The summed E-state index contributed by atoms with van der Waals surface area (Å²) < 4.78 is 33.1. The number of rotatable bonds is 6. The number of para-hydroxylation sites is 1. The Morgan fingerprint density at radius 2 is 1.75 bits per heavy atom. The van der Waals surface area contributed by atoms with E-state index in [1.165, 1.54) is 37.7 Å². The highest BCUT2D eigenvalue weighted by molar-refractivity contribution is 7.92. The van der Waals surface area contributed by atoms with Gasteiger partial charge in [-0.05, 0) is 42.5 Å². The first-order valence-electron chi connectivity index (χ1n) is 8.07. The molecular formula is C19H16ClN3O4S. The average molecular weight is 418 g/mol. The highest BCUT2D eigenvalue weighted by Gasteiger charge is 2.19. The minimum absolute atomic E-state index is 0.0572. The number of carbonyl (C=O) groups is 1. The topological polar surface area (TPSA) is 97.4 Å². The van der Waals surface area contributed by atoms with Gasteiger partial charge >= 0.3 is 0 Å².